The Morgan fingerprint density at radius 2 is 2.05 bits per heavy atom. The van der Waals surface area contributed by atoms with Crippen molar-refractivity contribution in [3.63, 3.8) is 0 Å². The van der Waals surface area contributed by atoms with Gasteiger partial charge in [0.15, 0.2) is 0 Å². The highest BCUT2D eigenvalue weighted by atomic mass is 32.2. The summed E-state index contributed by atoms with van der Waals surface area (Å²) in [7, 11) is -3.45. The molecule has 1 aliphatic heterocycles. The predicted octanol–water partition coefficient (Wildman–Crippen LogP) is 1.19. The molecule has 0 aliphatic carbocycles. The van der Waals surface area contributed by atoms with E-state index in [4.69, 9.17) is 0 Å². The standard InChI is InChI=1S/C13H24N4O2S/c1-2-6-14-10-12-9-13(11-15-12)20(18,19)16-17-7-4-3-5-8-17/h9,11,14-16H,2-8,10H2,1H3. The van der Waals surface area contributed by atoms with E-state index in [1.165, 1.54) is 6.42 Å². The normalized spacial score (nSPS) is 17.4. The molecule has 7 heteroatoms. The SMILES string of the molecule is CCCNCc1cc(S(=O)(=O)NN2CCCCC2)c[nH]1. The Morgan fingerprint density at radius 1 is 1.30 bits per heavy atom. The molecule has 1 aromatic heterocycles. The summed E-state index contributed by atoms with van der Waals surface area (Å²) in [6, 6.07) is 1.69. The van der Waals surface area contributed by atoms with E-state index >= 15 is 0 Å². The number of piperidine rings is 1. The second kappa shape index (κ2) is 7.21. The van der Waals surface area contributed by atoms with E-state index in [1.807, 2.05) is 0 Å². The van der Waals surface area contributed by atoms with Crippen LogP contribution in [0.25, 0.3) is 0 Å². The van der Waals surface area contributed by atoms with Gasteiger partial charge in [-0.2, -0.15) is 0 Å². The first kappa shape index (κ1) is 15.5. The summed E-state index contributed by atoms with van der Waals surface area (Å²) in [5, 5.41) is 5.03. The van der Waals surface area contributed by atoms with E-state index in [1.54, 1.807) is 17.3 Å². The van der Waals surface area contributed by atoms with Gasteiger partial charge in [0.2, 0.25) is 0 Å². The zero-order chi connectivity index (χ0) is 14.4. The zero-order valence-electron chi connectivity index (χ0n) is 12.0. The van der Waals surface area contributed by atoms with Crippen LogP contribution in [0.1, 0.15) is 38.3 Å². The third kappa shape index (κ3) is 4.31. The number of nitrogens with one attached hydrogen (secondary N) is 3. The third-order valence-corrected chi connectivity index (χ3v) is 4.73. The first-order valence-electron chi connectivity index (χ1n) is 7.27. The van der Waals surface area contributed by atoms with Crippen LogP contribution < -0.4 is 10.1 Å². The van der Waals surface area contributed by atoms with Gasteiger partial charge in [-0.25, -0.2) is 13.4 Å². The number of sulfonamides is 1. The maximum absolute atomic E-state index is 12.3. The molecule has 1 fully saturated rings. The Hall–Kier alpha value is -0.890. The van der Waals surface area contributed by atoms with Crippen molar-refractivity contribution in [2.45, 2.75) is 44.0 Å². The van der Waals surface area contributed by atoms with E-state index < -0.39 is 10.0 Å². The zero-order valence-corrected chi connectivity index (χ0v) is 12.8. The van der Waals surface area contributed by atoms with Gasteiger partial charge in [-0.3, -0.25) is 0 Å². The van der Waals surface area contributed by atoms with Crippen molar-refractivity contribution in [3.05, 3.63) is 18.0 Å². The van der Waals surface area contributed by atoms with Crippen LogP contribution in [0, 0.1) is 0 Å². The molecule has 0 spiro atoms. The number of aromatic nitrogens is 1. The second-order valence-electron chi connectivity index (χ2n) is 5.18. The first-order valence-corrected chi connectivity index (χ1v) is 8.75. The van der Waals surface area contributed by atoms with E-state index in [9.17, 15) is 8.42 Å². The van der Waals surface area contributed by atoms with Crippen LogP contribution in [0.15, 0.2) is 17.2 Å². The fourth-order valence-electron chi connectivity index (χ4n) is 2.28. The molecule has 2 heterocycles. The van der Waals surface area contributed by atoms with Gasteiger partial charge in [-0.1, -0.05) is 13.3 Å². The second-order valence-corrected chi connectivity index (χ2v) is 6.84. The van der Waals surface area contributed by atoms with Crippen molar-refractivity contribution >= 4 is 10.0 Å². The molecular weight excluding hydrogens is 276 g/mol. The van der Waals surface area contributed by atoms with E-state index in [2.05, 4.69) is 22.1 Å². The van der Waals surface area contributed by atoms with Crippen molar-refractivity contribution in [3.8, 4) is 0 Å². The Morgan fingerprint density at radius 3 is 2.75 bits per heavy atom. The molecule has 114 valence electrons. The Balaban J connectivity index is 1.94. The molecule has 0 bridgehead atoms. The highest BCUT2D eigenvalue weighted by molar-refractivity contribution is 7.89. The molecule has 0 amide bonds. The fraction of sp³-hybridized carbons (Fsp3) is 0.692. The number of rotatable bonds is 7. The lowest BCUT2D eigenvalue weighted by Crippen LogP contribution is -2.44. The maximum Gasteiger partial charge on any atom is 0.254 e. The van der Waals surface area contributed by atoms with Crippen LogP contribution >= 0.6 is 0 Å². The molecule has 6 nitrogen and oxygen atoms in total. The van der Waals surface area contributed by atoms with Crippen molar-refractivity contribution < 1.29 is 8.42 Å². The van der Waals surface area contributed by atoms with Crippen LogP contribution in [-0.2, 0) is 16.6 Å². The molecule has 1 aliphatic rings. The van der Waals surface area contributed by atoms with Crippen molar-refractivity contribution in [2.24, 2.45) is 0 Å². The molecule has 0 aromatic carbocycles. The summed E-state index contributed by atoms with van der Waals surface area (Å²) in [6.07, 6.45) is 5.87. The quantitative estimate of drug-likeness (QED) is 0.661. The Labute approximate surface area is 121 Å². The summed E-state index contributed by atoms with van der Waals surface area (Å²) in [6.45, 7) is 5.25. The molecule has 0 radical (unpaired) electrons. The van der Waals surface area contributed by atoms with E-state index in [-0.39, 0.29) is 0 Å². The summed E-state index contributed by atoms with van der Waals surface area (Å²) in [5.41, 5.74) is 0.887. The molecule has 0 unspecified atom stereocenters. The van der Waals surface area contributed by atoms with Crippen LogP contribution in [0.4, 0.5) is 0 Å². The highest BCUT2D eigenvalue weighted by Crippen LogP contribution is 2.13. The minimum Gasteiger partial charge on any atom is -0.363 e. The number of hydrogen-bond donors (Lipinski definition) is 3. The first-order chi connectivity index (χ1) is 9.62. The Kier molecular flexibility index (Phi) is 5.59. The van der Waals surface area contributed by atoms with Crippen molar-refractivity contribution in [1.82, 2.24) is 20.1 Å². The minimum atomic E-state index is -3.45. The maximum atomic E-state index is 12.3. The van der Waals surface area contributed by atoms with Gasteiger partial charge in [-0.15, -0.1) is 4.83 Å². The van der Waals surface area contributed by atoms with E-state index in [0.717, 1.165) is 44.6 Å². The van der Waals surface area contributed by atoms with Gasteiger partial charge in [0.25, 0.3) is 10.0 Å². The summed E-state index contributed by atoms with van der Waals surface area (Å²) in [4.78, 5) is 5.97. The van der Waals surface area contributed by atoms with Crippen LogP contribution in [-0.4, -0.2) is 38.0 Å². The number of hydrogen-bond acceptors (Lipinski definition) is 4. The Bertz CT molecular complexity index is 506. The molecule has 1 aromatic rings. The van der Waals surface area contributed by atoms with Gasteiger partial charge in [0, 0.05) is 31.5 Å². The van der Waals surface area contributed by atoms with Gasteiger partial charge in [0.05, 0.1) is 0 Å². The van der Waals surface area contributed by atoms with Crippen molar-refractivity contribution in [1.29, 1.82) is 0 Å². The van der Waals surface area contributed by atoms with Gasteiger partial charge in [-0.05, 0) is 31.9 Å². The lowest BCUT2D eigenvalue weighted by molar-refractivity contribution is 0.200. The van der Waals surface area contributed by atoms with Crippen molar-refractivity contribution in [2.75, 3.05) is 19.6 Å². The molecule has 3 N–H and O–H groups in total. The smallest absolute Gasteiger partial charge is 0.254 e. The molecular formula is C13H24N4O2S. The summed E-state index contributed by atoms with van der Waals surface area (Å²) in [5.74, 6) is 0. The lowest BCUT2D eigenvalue weighted by Gasteiger charge is -2.26. The average Bonchev–Trinajstić information content (AvgIpc) is 2.89. The highest BCUT2D eigenvalue weighted by Gasteiger charge is 2.20. The van der Waals surface area contributed by atoms with Gasteiger partial charge < -0.3 is 10.3 Å². The molecule has 1 saturated heterocycles. The number of aromatic amines is 1. The topological polar surface area (TPSA) is 77.2 Å². The predicted molar refractivity (Wildman–Crippen MR) is 78.5 cm³/mol. The fourth-order valence-corrected chi connectivity index (χ4v) is 3.42. The molecule has 2 rings (SSSR count). The monoisotopic (exact) mass is 300 g/mol. The van der Waals surface area contributed by atoms with Gasteiger partial charge in [0.1, 0.15) is 4.90 Å². The van der Waals surface area contributed by atoms with Crippen LogP contribution in [0.5, 0.6) is 0 Å². The number of nitrogens with zero attached hydrogens (tertiary/aromatic N) is 1. The minimum absolute atomic E-state index is 0.302. The van der Waals surface area contributed by atoms with Crippen LogP contribution in [0.3, 0.4) is 0 Å². The average molecular weight is 300 g/mol. The summed E-state index contributed by atoms with van der Waals surface area (Å²) < 4.78 is 24.5. The molecule has 0 atom stereocenters. The van der Waals surface area contributed by atoms with Gasteiger partial charge >= 0.3 is 0 Å². The third-order valence-electron chi connectivity index (χ3n) is 3.37. The molecule has 0 saturated carbocycles. The summed E-state index contributed by atoms with van der Waals surface area (Å²) >= 11 is 0. The van der Waals surface area contributed by atoms with E-state index in [0.29, 0.717) is 11.4 Å². The number of H-pyrrole nitrogens is 1. The largest absolute Gasteiger partial charge is 0.363 e. The lowest BCUT2D eigenvalue weighted by atomic mass is 10.2. The molecule has 20 heavy (non-hydrogen) atoms. The number of hydrazine groups is 1. The van der Waals surface area contributed by atoms with Crippen LogP contribution in [0.2, 0.25) is 0 Å².